The molecule has 0 radical (unpaired) electrons. The number of carbonyl (C=O) groups excluding carboxylic acids is 1. The normalized spacial score (nSPS) is 10.5. The zero-order valence-corrected chi connectivity index (χ0v) is 13.2. The molecule has 0 spiro atoms. The summed E-state index contributed by atoms with van der Waals surface area (Å²) >= 11 is 0. The Morgan fingerprint density at radius 2 is 2.04 bits per heavy atom. The molecule has 2 amide bonds. The Bertz CT molecular complexity index is 779. The smallest absolute Gasteiger partial charge is 0.315 e. The summed E-state index contributed by atoms with van der Waals surface area (Å²) in [7, 11) is 0. The van der Waals surface area contributed by atoms with Crippen molar-refractivity contribution in [2.24, 2.45) is 0 Å². The molecular formula is C16H18N6O2. The fourth-order valence-electron chi connectivity index (χ4n) is 2.19. The average Bonchev–Trinajstić information content (AvgIpc) is 3.25. The molecule has 1 aromatic carbocycles. The van der Waals surface area contributed by atoms with Crippen LogP contribution in [0.4, 0.5) is 4.79 Å². The summed E-state index contributed by atoms with van der Waals surface area (Å²) in [6, 6.07) is 9.59. The van der Waals surface area contributed by atoms with Gasteiger partial charge in [0, 0.05) is 25.7 Å². The number of urea groups is 1. The maximum Gasteiger partial charge on any atom is 0.315 e. The van der Waals surface area contributed by atoms with E-state index < -0.39 is 0 Å². The minimum Gasteiger partial charge on any atom is -0.339 e. The zero-order chi connectivity index (χ0) is 16.8. The number of carbonyl (C=O) groups is 1. The highest BCUT2D eigenvalue weighted by molar-refractivity contribution is 5.73. The largest absolute Gasteiger partial charge is 0.339 e. The van der Waals surface area contributed by atoms with Crippen LogP contribution in [-0.4, -0.2) is 32.9 Å². The van der Waals surface area contributed by atoms with Gasteiger partial charge in [-0.25, -0.2) is 4.79 Å². The minimum atomic E-state index is -0.233. The zero-order valence-electron chi connectivity index (χ0n) is 13.2. The number of hydrogen-bond donors (Lipinski definition) is 3. The molecule has 3 aromatic rings. The van der Waals surface area contributed by atoms with E-state index in [4.69, 9.17) is 4.52 Å². The molecule has 0 saturated heterocycles. The van der Waals surface area contributed by atoms with Gasteiger partial charge in [0.05, 0.1) is 5.69 Å². The number of aromatic amines is 1. The Labute approximate surface area is 138 Å². The van der Waals surface area contributed by atoms with Crippen LogP contribution in [0.3, 0.4) is 0 Å². The van der Waals surface area contributed by atoms with Crippen LogP contribution in [0, 0.1) is 6.92 Å². The molecule has 0 saturated carbocycles. The van der Waals surface area contributed by atoms with Gasteiger partial charge in [-0.2, -0.15) is 10.1 Å². The van der Waals surface area contributed by atoms with Gasteiger partial charge in [0.1, 0.15) is 0 Å². The molecule has 2 aromatic heterocycles. The number of H-pyrrole nitrogens is 1. The number of nitrogens with zero attached hydrogens (tertiary/aromatic N) is 3. The van der Waals surface area contributed by atoms with Crippen LogP contribution in [0.15, 0.2) is 41.1 Å². The summed E-state index contributed by atoms with van der Waals surface area (Å²) in [6.07, 6.45) is 2.22. The van der Waals surface area contributed by atoms with Gasteiger partial charge in [0.2, 0.25) is 5.89 Å². The van der Waals surface area contributed by atoms with Crippen LogP contribution in [-0.2, 0) is 13.0 Å². The van der Waals surface area contributed by atoms with Crippen molar-refractivity contribution in [3.63, 3.8) is 0 Å². The monoisotopic (exact) mass is 326 g/mol. The van der Waals surface area contributed by atoms with Crippen LogP contribution >= 0.6 is 0 Å². The molecule has 8 heteroatoms. The number of amides is 2. The SMILES string of the molecule is Cc1noc(CCNC(=O)NCc2ccc(-c3ccn[nH]3)cc2)n1. The summed E-state index contributed by atoms with van der Waals surface area (Å²) in [5.41, 5.74) is 3.03. The third-order valence-electron chi connectivity index (χ3n) is 3.41. The van der Waals surface area contributed by atoms with Crippen LogP contribution in [0.25, 0.3) is 11.3 Å². The molecule has 0 unspecified atom stereocenters. The van der Waals surface area contributed by atoms with Crippen molar-refractivity contribution in [1.82, 2.24) is 31.0 Å². The van der Waals surface area contributed by atoms with Gasteiger partial charge < -0.3 is 15.2 Å². The van der Waals surface area contributed by atoms with Gasteiger partial charge >= 0.3 is 6.03 Å². The first-order chi connectivity index (χ1) is 11.7. The summed E-state index contributed by atoms with van der Waals surface area (Å²) in [4.78, 5) is 15.8. The van der Waals surface area contributed by atoms with Crippen LogP contribution in [0.2, 0.25) is 0 Å². The maximum absolute atomic E-state index is 11.8. The third-order valence-corrected chi connectivity index (χ3v) is 3.41. The number of aromatic nitrogens is 4. The van der Waals surface area contributed by atoms with E-state index in [9.17, 15) is 4.79 Å². The van der Waals surface area contributed by atoms with Crippen LogP contribution in [0.5, 0.6) is 0 Å². The molecule has 0 atom stereocenters. The van der Waals surface area contributed by atoms with Crippen LogP contribution < -0.4 is 10.6 Å². The first kappa shape index (κ1) is 15.7. The van der Waals surface area contributed by atoms with E-state index in [-0.39, 0.29) is 6.03 Å². The lowest BCUT2D eigenvalue weighted by atomic mass is 10.1. The van der Waals surface area contributed by atoms with E-state index >= 15 is 0 Å². The first-order valence-corrected chi connectivity index (χ1v) is 7.60. The Kier molecular flexibility index (Phi) is 4.85. The highest BCUT2D eigenvalue weighted by Crippen LogP contribution is 2.16. The highest BCUT2D eigenvalue weighted by atomic mass is 16.5. The molecule has 0 aliphatic rings. The lowest BCUT2D eigenvalue weighted by Gasteiger charge is -2.07. The average molecular weight is 326 g/mol. The topological polar surface area (TPSA) is 109 Å². The lowest BCUT2D eigenvalue weighted by molar-refractivity contribution is 0.240. The van der Waals surface area contributed by atoms with Crippen molar-refractivity contribution >= 4 is 6.03 Å². The number of benzene rings is 1. The molecule has 0 aliphatic heterocycles. The van der Waals surface area contributed by atoms with Crippen molar-refractivity contribution < 1.29 is 9.32 Å². The Morgan fingerprint density at radius 3 is 2.71 bits per heavy atom. The van der Waals surface area contributed by atoms with Gasteiger partial charge in [0.25, 0.3) is 0 Å². The second kappa shape index (κ2) is 7.40. The lowest BCUT2D eigenvalue weighted by Crippen LogP contribution is -2.36. The number of hydrogen-bond acceptors (Lipinski definition) is 5. The van der Waals surface area contributed by atoms with Crippen LogP contribution in [0.1, 0.15) is 17.3 Å². The van der Waals surface area contributed by atoms with E-state index in [2.05, 4.69) is 31.0 Å². The molecule has 0 aliphatic carbocycles. The molecule has 0 bridgehead atoms. The predicted octanol–water partition coefficient (Wildman–Crippen LogP) is 1.81. The standard InChI is InChI=1S/C16H18N6O2/c1-11-20-15(24-22-11)7-8-17-16(23)18-10-12-2-4-13(5-3-12)14-6-9-19-21-14/h2-6,9H,7-8,10H2,1H3,(H,19,21)(H2,17,18,23). The molecule has 0 fully saturated rings. The van der Waals surface area contributed by atoms with E-state index in [0.29, 0.717) is 31.2 Å². The number of rotatable bonds is 6. The maximum atomic E-state index is 11.8. The first-order valence-electron chi connectivity index (χ1n) is 7.60. The molecule has 8 nitrogen and oxygen atoms in total. The molecule has 124 valence electrons. The third kappa shape index (κ3) is 4.19. The Hall–Kier alpha value is -3.16. The molecular weight excluding hydrogens is 308 g/mol. The second-order valence-corrected chi connectivity index (χ2v) is 5.26. The van der Waals surface area contributed by atoms with Gasteiger partial charge in [-0.3, -0.25) is 5.10 Å². The fraction of sp³-hybridized carbons (Fsp3) is 0.250. The van der Waals surface area contributed by atoms with Gasteiger partial charge in [-0.05, 0) is 24.1 Å². The fourth-order valence-corrected chi connectivity index (χ4v) is 2.19. The van der Waals surface area contributed by atoms with Gasteiger partial charge in [0.15, 0.2) is 5.82 Å². The Morgan fingerprint density at radius 1 is 1.21 bits per heavy atom. The van der Waals surface area contributed by atoms with Crippen molar-refractivity contribution in [2.75, 3.05) is 6.54 Å². The van der Waals surface area contributed by atoms with E-state index in [1.54, 1.807) is 13.1 Å². The molecule has 2 heterocycles. The molecule has 3 N–H and O–H groups in total. The number of nitrogens with one attached hydrogen (secondary N) is 3. The van der Waals surface area contributed by atoms with E-state index in [1.807, 2.05) is 30.3 Å². The minimum absolute atomic E-state index is 0.233. The van der Waals surface area contributed by atoms with Crippen molar-refractivity contribution in [3.8, 4) is 11.3 Å². The van der Waals surface area contributed by atoms with Gasteiger partial charge in [-0.15, -0.1) is 0 Å². The Balaban J connectivity index is 1.41. The quantitative estimate of drug-likeness (QED) is 0.640. The second-order valence-electron chi connectivity index (χ2n) is 5.26. The summed E-state index contributed by atoms with van der Waals surface area (Å²) in [6.45, 7) is 2.64. The predicted molar refractivity (Wildman–Crippen MR) is 87.0 cm³/mol. The van der Waals surface area contributed by atoms with E-state index in [0.717, 1.165) is 16.8 Å². The van der Waals surface area contributed by atoms with Crippen molar-refractivity contribution in [2.45, 2.75) is 19.9 Å². The molecule has 24 heavy (non-hydrogen) atoms. The van der Waals surface area contributed by atoms with Crippen molar-refractivity contribution in [1.29, 1.82) is 0 Å². The summed E-state index contributed by atoms with van der Waals surface area (Å²) in [5, 5.41) is 16.1. The highest BCUT2D eigenvalue weighted by Gasteiger charge is 2.05. The summed E-state index contributed by atoms with van der Waals surface area (Å²) < 4.78 is 4.98. The number of aryl methyl sites for hydroxylation is 1. The van der Waals surface area contributed by atoms with Crippen molar-refractivity contribution in [3.05, 3.63) is 53.8 Å². The molecule has 3 rings (SSSR count). The van der Waals surface area contributed by atoms with E-state index in [1.165, 1.54) is 0 Å². The summed E-state index contributed by atoms with van der Waals surface area (Å²) in [5.74, 6) is 1.11. The van der Waals surface area contributed by atoms with Gasteiger partial charge in [-0.1, -0.05) is 29.4 Å².